The smallest absolute Gasteiger partial charge is 0.407 e. The number of benzene rings is 3. The molecule has 0 saturated carbocycles. The molecule has 0 unspecified atom stereocenters. The van der Waals surface area contributed by atoms with Gasteiger partial charge in [0, 0.05) is 31.1 Å². The predicted octanol–water partition coefficient (Wildman–Crippen LogP) is 6.57. The Bertz CT molecular complexity index is 1890. The van der Waals surface area contributed by atoms with E-state index in [0.29, 0.717) is 19.4 Å². The van der Waals surface area contributed by atoms with Crippen LogP contribution in [0, 0.1) is 5.92 Å². The second kappa shape index (κ2) is 21.1. The molecule has 13 heteroatoms. The molecule has 4 atom stereocenters. The molecule has 4 amide bonds. The van der Waals surface area contributed by atoms with Crippen molar-refractivity contribution in [2.75, 3.05) is 7.05 Å². The Morgan fingerprint density at radius 3 is 2.07 bits per heavy atom. The van der Waals surface area contributed by atoms with Gasteiger partial charge in [-0.05, 0) is 65.9 Å². The van der Waals surface area contributed by atoms with Gasteiger partial charge in [0.25, 0.3) is 0 Å². The highest BCUT2D eigenvalue weighted by molar-refractivity contribution is 7.09. The van der Waals surface area contributed by atoms with Gasteiger partial charge in [-0.3, -0.25) is 4.79 Å². The van der Waals surface area contributed by atoms with Crippen LogP contribution in [0.4, 0.5) is 9.59 Å². The summed E-state index contributed by atoms with van der Waals surface area (Å²) in [5, 5.41) is 23.6. The lowest BCUT2D eigenvalue weighted by atomic mass is 9.93. The Kier molecular flexibility index (Phi) is 15.8. The zero-order chi connectivity index (χ0) is 39.0. The summed E-state index contributed by atoms with van der Waals surface area (Å²) in [5.41, 5.74) is 3.93. The van der Waals surface area contributed by atoms with Crippen LogP contribution in [0.15, 0.2) is 109 Å². The lowest BCUT2D eigenvalue weighted by Crippen LogP contribution is -2.55. The average Bonchev–Trinajstić information content (AvgIpc) is 3.88. The summed E-state index contributed by atoms with van der Waals surface area (Å²) < 4.78 is 9.48. The summed E-state index contributed by atoms with van der Waals surface area (Å²) in [4.78, 5) is 47.4. The lowest BCUT2D eigenvalue weighted by molar-refractivity contribution is -0.124. The van der Waals surface area contributed by atoms with Crippen LogP contribution in [0.25, 0.3) is 0 Å². The van der Waals surface area contributed by atoms with E-state index in [9.17, 15) is 19.5 Å². The molecule has 0 fully saturated rings. The number of aliphatic hydroxyl groups is 1. The number of ether oxygens (including phenoxy) is 1. The van der Waals surface area contributed by atoms with Crippen molar-refractivity contribution < 1.29 is 24.2 Å². The standard InChI is InChI=1S/C42H50N6O5S2/c1-29(2)39(47-41(51)48(3)26-34-28-54-38(44-34)20-19-30-13-7-4-8-14-30)40(50)45-33(23-31-15-9-5-10-16-31)25-37(49)36(24-32-17-11-6-12-18-32)46-42(52)53-27-35-21-22-43-55-35/h4-18,21-22,28-29,33,36-37,39,49H,19-20,23-27H2,1-3H3,(H,45,50)(H,46,52)(H,47,51)/t33-,36-,37-,39-/m0/s1. The van der Waals surface area contributed by atoms with Crippen molar-refractivity contribution in [3.8, 4) is 0 Å². The molecule has 0 bridgehead atoms. The number of rotatable bonds is 19. The summed E-state index contributed by atoms with van der Waals surface area (Å²) in [6.45, 7) is 4.12. The van der Waals surface area contributed by atoms with Crippen molar-refractivity contribution >= 4 is 40.9 Å². The van der Waals surface area contributed by atoms with E-state index in [1.54, 1.807) is 30.6 Å². The molecule has 0 saturated heterocycles. The third kappa shape index (κ3) is 13.6. The number of nitrogens with zero attached hydrogens (tertiary/aromatic N) is 3. The third-order valence-electron chi connectivity index (χ3n) is 9.14. The summed E-state index contributed by atoms with van der Waals surface area (Å²) in [5.74, 6) is -0.595. The molecule has 0 aliphatic rings. The number of alkyl carbamates (subject to hydrolysis) is 1. The molecule has 5 aromatic rings. The Morgan fingerprint density at radius 1 is 0.818 bits per heavy atom. The molecule has 3 aromatic carbocycles. The average molecular weight is 783 g/mol. The first-order chi connectivity index (χ1) is 26.6. The number of carbonyl (C=O) groups excluding carboxylic acids is 3. The quantitative estimate of drug-likeness (QED) is 0.0742. The number of aliphatic hydroxyl groups excluding tert-OH is 1. The topological polar surface area (TPSA) is 146 Å². The Hall–Kier alpha value is -5.11. The molecule has 55 heavy (non-hydrogen) atoms. The van der Waals surface area contributed by atoms with E-state index in [1.807, 2.05) is 98.1 Å². The van der Waals surface area contributed by atoms with Crippen LogP contribution in [0.5, 0.6) is 0 Å². The Labute approximate surface area is 331 Å². The minimum absolute atomic E-state index is 0.0639. The molecular formula is C42H50N6O5S2. The summed E-state index contributed by atoms with van der Waals surface area (Å²) >= 11 is 2.82. The van der Waals surface area contributed by atoms with Gasteiger partial charge in [-0.1, -0.05) is 105 Å². The number of hydrogen-bond donors (Lipinski definition) is 4. The fraction of sp³-hybridized carbons (Fsp3) is 0.357. The van der Waals surface area contributed by atoms with Gasteiger partial charge in [0.15, 0.2) is 0 Å². The molecule has 2 aromatic heterocycles. The van der Waals surface area contributed by atoms with Gasteiger partial charge in [0.05, 0.1) is 34.3 Å². The van der Waals surface area contributed by atoms with E-state index in [1.165, 1.54) is 22.0 Å². The first-order valence-electron chi connectivity index (χ1n) is 18.5. The number of thiazole rings is 1. The second-order valence-corrected chi connectivity index (χ2v) is 15.8. The number of aromatic nitrogens is 2. The predicted molar refractivity (Wildman–Crippen MR) is 217 cm³/mol. The Balaban J connectivity index is 1.23. The van der Waals surface area contributed by atoms with Crippen molar-refractivity contribution in [3.05, 3.63) is 141 Å². The van der Waals surface area contributed by atoms with Gasteiger partial charge in [-0.25, -0.2) is 18.9 Å². The zero-order valence-electron chi connectivity index (χ0n) is 31.5. The zero-order valence-corrected chi connectivity index (χ0v) is 33.1. The van der Waals surface area contributed by atoms with Crippen molar-refractivity contribution in [2.45, 2.75) is 83.3 Å². The highest BCUT2D eigenvalue weighted by Crippen LogP contribution is 2.17. The van der Waals surface area contributed by atoms with Crippen LogP contribution in [0.1, 0.15) is 52.5 Å². The fourth-order valence-electron chi connectivity index (χ4n) is 6.16. The molecule has 0 aliphatic heterocycles. The number of urea groups is 1. The number of amides is 4. The van der Waals surface area contributed by atoms with Crippen LogP contribution in [0.2, 0.25) is 0 Å². The Morgan fingerprint density at radius 2 is 1.45 bits per heavy atom. The monoisotopic (exact) mass is 782 g/mol. The molecule has 2 heterocycles. The number of carbonyl (C=O) groups is 3. The molecule has 0 spiro atoms. The van der Waals surface area contributed by atoms with E-state index in [0.717, 1.165) is 39.5 Å². The summed E-state index contributed by atoms with van der Waals surface area (Å²) in [6, 6.07) is 28.8. The van der Waals surface area contributed by atoms with Crippen molar-refractivity contribution in [1.29, 1.82) is 0 Å². The molecule has 0 radical (unpaired) electrons. The first kappa shape index (κ1) is 41.1. The molecule has 4 N–H and O–H groups in total. The first-order valence-corrected chi connectivity index (χ1v) is 20.2. The van der Waals surface area contributed by atoms with Crippen molar-refractivity contribution in [1.82, 2.24) is 30.2 Å². The van der Waals surface area contributed by atoms with Gasteiger partial charge in [0.2, 0.25) is 5.91 Å². The van der Waals surface area contributed by atoms with Crippen LogP contribution in [-0.2, 0) is 48.4 Å². The van der Waals surface area contributed by atoms with Crippen LogP contribution < -0.4 is 16.0 Å². The van der Waals surface area contributed by atoms with Crippen LogP contribution >= 0.6 is 22.9 Å². The van der Waals surface area contributed by atoms with Crippen LogP contribution in [0.3, 0.4) is 0 Å². The SMILES string of the molecule is CC(C)[C@H](NC(=O)N(C)Cc1csc(CCc2ccccc2)n1)C(=O)N[C@@H](Cc1ccccc1)C[C@H](O)[C@H](Cc1ccccc1)NC(=O)OCc1ccns1. The number of aryl methyl sites for hydroxylation is 2. The van der Waals surface area contributed by atoms with Crippen molar-refractivity contribution in [2.24, 2.45) is 5.92 Å². The normalized spacial score (nSPS) is 13.3. The minimum Gasteiger partial charge on any atom is -0.444 e. The molecule has 290 valence electrons. The van der Waals surface area contributed by atoms with E-state index in [2.05, 4.69) is 32.5 Å². The van der Waals surface area contributed by atoms with E-state index >= 15 is 0 Å². The third-order valence-corrected chi connectivity index (χ3v) is 10.8. The largest absolute Gasteiger partial charge is 0.444 e. The second-order valence-electron chi connectivity index (χ2n) is 13.9. The minimum atomic E-state index is -1.06. The summed E-state index contributed by atoms with van der Waals surface area (Å²) in [7, 11) is 1.68. The fourth-order valence-corrected chi connectivity index (χ4v) is 7.44. The van der Waals surface area contributed by atoms with Gasteiger partial charge in [0.1, 0.15) is 12.6 Å². The van der Waals surface area contributed by atoms with Crippen LogP contribution in [-0.4, -0.2) is 68.7 Å². The van der Waals surface area contributed by atoms with E-state index in [4.69, 9.17) is 9.72 Å². The maximum absolute atomic E-state index is 14.0. The van der Waals surface area contributed by atoms with Gasteiger partial charge < -0.3 is 30.7 Å². The van der Waals surface area contributed by atoms with E-state index < -0.39 is 36.4 Å². The lowest BCUT2D eigenvalue weighted by Gasteiger charge is -2.30. The van der Waals surface area contributed by atoms with E-state index in [-0.39, 0.29) is 24.9 Å². The van der Waals surface area contributed by atoms with Crippen molar-refractivity contribution in [3.63, 3.8) is 0 Å². The van der Waals surface area contributed by atoms with Gasteiger partial charge in [-0.15, -0.1) is 11.3 Å². The molecular weight excluding hydrogens is 733 g/mol. The van der Waals surface area contributed by atoms with Gasteiger partial charge >= 0.3 is 12.1 Å². The maximum Gasteiger partial charge on any atom is 0.407 e. The number of nitrogens with one attached hydrogen (secondary N) is 3. The molecule has 0 aliphatic carbocycles. The molecule has 5 rings (SSSR count). The summed E-state index contributed by atoms with van der Waals surface area (Å²) in [6.07, 6.45) is 2.53. The maximum atomic E-state index is 14.0. The number of hydrogen-bond acceptors (Lipinski definition) is 9. The van der Waals surface area contributed by atoms with Gasteiger partial charge in [-0.2, -0.15) is 0 Å². The highest BCUT2D eigenvalue weighted by atomic mass is 32.1. The molecule has 11 nitrogen and oxygen atoms in total. The highest BCUT2D eigenvalue weighted by Gasteiger charge is 2.31.